The minimum atomic E-state index is -0.128. The third-order valence-corrected chi connectivity index (χ3v) is 1.82. The predicted octanol–water partition coefficient (Wildman–Crippen LogP) is 0.137. The summed E-state index contributed by atoms with van der Waals surface area (Å²) in [6.07, 6.45) is 0. The van der Waals surface area contributed by atoms with Crippen LogP contribution in [0.15, 0.2) is 24.3 Å². The molecule has 0 saturated heterocycles. The molecular formula is C9H14N2O. The maximum atomic E-state index is 8.84. The fourth-order valence-corrected chi connectivity index (χ4v) is 1.06. The summed E-state index contributed by atoms with van der Waals surface area (Å²) in [6, 6.07) is 7.38. The lowest BCUT2D eigenvalue weighted by molar-refractivity contribution is 0.281. The van der Waals surface area contributed by atoms with E-state index in [1.165, 1.54) is 0 Å². The first kappa shape index (κ1) is 9.19. The summed E-state index contributed by atoms with van der Waals surface area (Å²) in [4.78, 5) is 0. The standard InChI is InChI=1S/C9H14N2O/c10-5-9(11)8-3-1-2-7(4-8)6-12/h1-4,9,12H,5-6,10-11H2/t9-/m1/s1. The maximum Gasteiger partial charge on any atom is 0.0681 e. The molecule has 0 aromatic heterocycles. The van der Waals surface area contributed by atoms with Gasteiger partial charge in [0.05, 0.1) is 6.61 Å². The molecule has 1 aromatic carbocycles. The predicted molar refractivity (Wildman–Crippen MR) is 48.3 cm³/mol. The lowest BCUT2D eigenvalue weighted by Crippen LogP contribution is -2.20. The average molecular weight is 166 g/mol. The Morgan fingerprint density at radius 2 is 2.17 bits per heavy atom. The van der Waals surface area contributed by atoms with E-state index < -0.39 is 0 Å². The number of nitrogens with two attached hydrogens (primary N) is 2. The van der Waals surface area contributed by atoms with Crippen molar-refractivity contribution < 1.29 is 5.11 Å². The van der Waals surface area contributed by atoms with Gasteiger partial charge in [0, 0.05) is 12.6 Å². The van der Waals surface area contributed by atoms with Crippen LogP contribution in [0.4, 0.5) is 0 Å². The molecule has 12 heavy (non-hydrogen) atoms. The van der Waals surface area contributed by atoms with Gasteiger partial charge in [-0.1, -0.05) is 24.3 Å². The van der Waals surface area contributed by atoms with Gasteiger partial charge >= 0.3 is 0 Å². The number of rotatable bonds is 3. The van der Waals surface area contributed by atoms with Gasteiger partial charge in [-0.2, -0.15) is 0 Å². The molecule has 0 bridgehead atoms. The number of hydrogen-bond acceptors (Lipinski definition) is 3. The monoisotopic (exact) mass is 166 g/mol. The molecule has 1 atom stereocenters. The molecule has 3 nitrogen and oxygen atoms in total. The fourth-order valence-electron chi connectivity index (χ4n) is 1.06. The molecule has 0 radical (unpaired) electrons. The van der Waals surface area contributed by atoms with Crippen molar-refractivity contribution in [1.29, 1.82) is 0 Å². The van der Waals surface area contributed by atoms with Crippen LogP contribution in [0.1, 0.15) is 17.2 Å². The second-order valence-electron chi connectivity index (χ2n) is 2.75. The summed E-state index contributed by atoms with van der Waals surface area (Å²) in [6.45, 7) is 0.472. The van der Waals surface area contributed by atoms with E-state index >= 15 is 0 Å². The van der Waals surface area contributed by atoms with E-state index in [0.717, 1.165) is 11.1 Å². The third kappa shape index (κ3) is 2.04. The number of aliphatic hydroxyl groups excluding tert-OH is 1. The van der Waals surface area contributed by atoms with Crippen molar-refractivity contribution in [3.05, 3.63) is 35.4 Å². The highest BCUT2D eigenvalue weighted by Crippen LogP contribution is 2.11. The van der Waals surface area contributed by atoms with Gasteiger partial charge in [0.25, 0.3) is 0 Å². The first-order chi connectivity index (χ1) is 5.77. The van der Waals surface area contributed by atoms with Gasteiger partial charge in [0.1, 0.15) is 0 Å². The largest absolute Gasteiger partial charge is 0.392 e. The highest BCUT2D eigenvalue weighted by molar-refractivity contribution is 5.25. The van der Waals surface area contributed by atoms with Crippen LogP contribution in [0.5, 0.6) is 0 Å². The van der Waals surface area contributed by atoms with Crippen molar-refractivity contribution in [2.45, 2.75) is 12.6 Å². The molecule has 0 unspecified atom stereocenters. The van der Waals surface area contributed by atoms with Crippen LogP contribution >= 0.6 is 0 Å². The fraction of sp³-hybridized carbons (Fsp3) is 0.333. The third-order valence-electron chi connectivity index (χ3n) is 1.82. The second-order valence-corrected chi connectivity index (χ2v) is 2.75. The van der Waals surface area contributed by atoms with Gasteiger partial charge in [0.2, 0.25) is 0 Å². The summed E-state index contributed by atoms with van der Waals surface area (Å²) >= 11 is 0. The van der Waals surface area contributed by atoms with E-state index in [2.05, 4.69) is 0 Å². The van der Waals surface area contributed by atoms with Gasteiger partial charge in [-0.05, 0) is 11.1 Å². The van der Waals surface area contributed by atoms with Gasteiger partial charge < -0.3 is 16.6 Å². The topological polar surface area (TPSA) is 72.3 Å². The molecule has 5 N–H and O–H groups in total. The first-order valence-electron chi connectivity index (χ1n) is 3.93. The van der Waals surface area contributed by atoms with Crippen molar-refractivity contribution in [3.8, 4) is 0 Å². The molecule has 0 amide bonds. The van der Waals surface area contributed by atoms with Crippen molar-refractivity contribution in [3.63, 3.8) is 0 Å². The summed E-state index contributed by atoms with van der Waals surface area (Å²) < 4.78 is 0. The van der Waals surface area contributed by atoms with Crippen LogP contribution in [-0.2, 0) is 6.61 Å². The SMILES string of the molecule is NC[C@@H](N)c1cccc(CO)c1. The van der Waals surface area contributed by atoms with Gasteiger partial charge in [-0.25, -0.2) is 0 Å². The summed E-state index contributed by atoms with van der Waals surface area (Å²) in [5, 5.41) is 8.84. The molecule has 0 aliphatic rings. The molecule has 1 aromatic rings. The maximum absolute atomic E-state index is 8.84. The zero-order chi connectivity index (χ0) is 8.97. The highest BCUT2D eigenvalue weighted by Gasteiger charge is 2.02. The van der Waals surface area contributed by atoms with Crippen LogP contribution in [-0.4, -0.2) is 11.7 Å². The normalized spacial score (nSPS) is 12.9. The van der Waals surface area contributed by atoms with E-state index in [1.54, 1.807) is 0 Å². The minimum absolute atomic E-state index is 0.0468. The summed E-state index contributed by atoms with van der Waals surface area (Å²) in [5.74, 6) is 0. The Bertz CT molecular complexity index is 250. The average Bonchev–Trinajstić information content (AvgIpc) is 2.17. The van der Waals surface area contributed by atoms with E-state index in [1.807, 2.05) is 24.3 Å². The van der Waals surface area contributed by atoms with E-state index in [9.17, 15) is 0 Å². The van der Waals surface area contributed by atoms with E-state index in [4.69, 9.17) is 16.6 Å². The molecule has 0 aliphatic carbocycles. The first-order valence-corrected chi connectivity index (χ1v) is 3.93. The van der Waals surface area contributed by atoms with Crippen LogP contribution in [0.25, 0.3) is 0 Å². The van der Waals surface area contributed by atoms with Gasteiger partial charge in [-0.15, -0.1) is 0 Å². The van der Waals surface area contributed by atoms with Crippen LogP contribution in [0, 0.1) is 0 Å². The Morgan fingerprint density at radius 3 is 2.75 bits per heavy atom. The molecule has 1 rings (SSSR count). The second kappa shape index (κ2) is 4.21. The lowest BCUT2D eigenvalue weighted by Gasteiger charge is -2.09. The van der Waals surface area contributed by atoms with E-state index in [0.29, 0.717) is 6.54 Å². The van der Waals surface area contributed by atoms with Crippen molar-refractivity contribution in [2.75, 3.05) is 6.54 Å². The molecule has 0 aliphatic heterocycles. The Morgan fingerprint density at radius 1 is 1.42 bits per heavy atom. The molecular weight excluding hydrogens is 152 g/mol. The van der Waals surface area contributed by atoms with Crippen molar-refractivity contribution >= 4 is 0 Å². The van der Waals surface area contributed by atoms with E-state index in [-0.39, 0.29) is 12.6 Å². The summed E-state index contributed by atoms with van der Waals surface area (Å²) in [5.41, 5.74) is 13.0. The van der Waals surface area contributed by atoms with Crippen molar-refractivity contribution in [1.82, 2.24) is 0 Å². The quantitative estimate of drug-likeness (QED) is 0.598. The number of hydrogen-bond donors (Lipinski definition) is 3. The summed E-state index contributed by atoms with van der Waals surface area (Å²) in [7, 11) is 0. The van der Waals surface area contributed by atoms with Gasteiger partial charge in [-0.3, -0.25) is 0 Å². The molecule has 0 heterocycles. The van der Waals surface area contributed by atoms with Crippen LogP contribution in [0.2, 0.25) is 0 Å². The number of benzene rings is 1. The van der Waals surface area contributed by atoms with Crippen LogP contribution in [0.3, 0.4) is 0 Å². The molecule has 66 valence electrons. The molecule has 0 spiro atoms. The minimum Gasteiger partial charge on any atom is -0.392 e. The lowest BCUT2D eigenvalue weighted by atomic mass is 10.1. The number of aliphatic hydroxyl groups is 1. The van der Waals surface area contributed by atoms with Gasteiger partial charge in [0.15, 0.2) is 0 Å². The zero-order valence-electron chi connectivity index (χ0n) is 6.90. The highest BCUT2D eigenvalue weighted by atomic mass is 16.3. The molecule has 0 fully saturated rings. The molecule has 0 saturated carbocycles. The molecule has 3 heteroatoms. The Hall–Kier alpha value is -0.900. The Kier molecular flexibility index (Phi) is 3.22. The smallest absolute Gasteiger partial charge is 0.0681 e. The Labute approximate surface area is 72.0 Å². The zero-order valence-corrected chi connectivity index (χ0v) is 6.90. The van der Waals surface area contributed by atoms with Crippen LogP contribution < -0.4 is 11.5 Å². The Balaban J connectivity index is 2.86. The van der Waals surface area contributed by atoms with Crippen molar-refractivity contribution in [2.24, 2.45) is 11.5 Å².